The van der Waals surface area contributed by atoms with Crippen molar-refractivity contribution in [3.63, 3.8) is 0 Å². The van der Waals surface area contributed by atoms with Gasteiger partial charge >= 0.3 is 51.4 Å². The molecule has 0 saturated carbocycles. The first kappa shape index (κ1) is 33.7. The maximum absolute atomic E-state index is 11.5. The number of unbranched alkanes of at least 4 members (excludes halogenated alkanes) is 17. The van der Waals surface area contributed by atoms with Crippen LogP contribution in [0.2, 0.25) is 0 Å². The van der Waals surface area contributed by atoms with Crippen LogP contribution in [0, 0.1) is 0 Å². The van der Waals surface area contributed by atoms with E-state index in [1.54, 1.807) is 0 Å². The molecule has 0 aliphatic rings. The van der Waals surface area contributed by atoms with Gasteiger partial charge in [0.1, 0.15) is 0 Å². The molecule has 6 heteroatoms. The fourth-order valence-corrected chi connectivity index (χ4v) is 4.92. The maximum atomic E-state index is 11.5. The first-order valence-corrected chi connectivity index (χ1v) is 14.0. The summed E-state index contributed by atoms with van der Waals surface area (Å²) in [4.78, 5) is 0. The Balaban J connectivity index is 0. The second-order valence-corrected chi connectivity index (χ2v) is 10.4. The molecule has 0 aromatic carbocycles. The molecule has 1 atom stereocenters. The Morgan fingerprint density at radius 1 is 0.600 bits per heavy atom. The molecule has 0 spiro atoms. The van der Waals surface area contributed by atoms with E-state index >= 15 is 0 Å². The molecule has 1 N–H and O–H groups in total. The van der Waals surface area contributed by atoms with Crippen LogP contribution >= 0.6 is 0 Å². The van der Waals surface area contributed by atoms with Crippen molar-refractivity contribution in [2.75, 3.05) is 6.61 Å². The van der Waals surface area contributed by atoms with E-state index < -0.39 is 15.4 Å². The average Bonchev–Trinajstić information content (AvgIpc) is 2.68. The van der Waals surface area contributed by atoms with E-state index in [4.69, 9.17) is 5.11 Å². The molecule has 0 aliphatic heterocycles. The standard InChI is InChI=1S/C24H50O4S.K/c1-2-3-4-5-6-7-8-9-10-11-12-15-18-21-24(29(26,27)28)22-19-16-13-14-17-20-23-25;/h24-25H,2-23H2,1H3,(H,26,27,28);/q;+1/p-1. The second kappa shape index (κ2) is 25.1. The summed E-state index contributed by atoms with van der Waals surface area (Å²) < 4.78 is 34.5. The second-order valence-electron chi connectivity index (χ2n) is 8.78. The van der Waals surface area contributed by atoms with E-state index in [-0.39, 0.29) is 58.0 Å². The van der Waals surface area contributed by atoms with Crippen LogP contribution in [0.1, 0.15) is 142 Å². The molecule has 0 saturated heterocycles. The molecule has 0 heterocycles. The van der Waals surface area contributed by atoms with Crippen molar-refractivity contribution >= 4 is 10.1 Å². The zero-order valence-electron chi connectivity index (χ0n) is 20.2. The summed E-state index contributed by atoms with van der Waals surface area (Å²) in [6.07, 6.45) is 23.3. The maximum Gasteiger partial charge on any atom is 1.00 e. The molecule has 176 valence electrons. The molecule has 0 fully saturated rings. The van der Waals surface area contributed by atoms with Crippen LogP contribution in [0.15, 0.2) is 0 Å². The van der Waals surface area contributed by atoms with Gasteiger partial charge in [0.25, 0.3) is 0 Å². The zero-order valence-corrected chi connectivity index (χ0v) is 24.2. The molecule has 30 heavy (non-hydrogen) atoms. The molecule has 1 unspecified atom stereocenters. The van der Waals surface area contributed by atoms with Crippen molar-refractivity contribution < 1.29 is 69.5 Å². The van der Waals surface area contributed by atoms with Crippen molar-refractivity contribution in [1.82, 2.24) is 0 Å². The number of hydrogen-bond acceptors (Lipinski definition) is 4. The van der Waals surface area contributed by atoms with Gasteiger partial charge in [-0.05, 0) is 19.3 Å². The fraction of sp³-hybridized carbons (Fsp3) is 1.00. The summed E-state index contributed by atoms with van der Waals surface area (Å²) in [7, 11) is -4.17. The van der Waals surface area contributed by atoms with Crippen molar-refractivity contribution in [3.8, 4) is 0 Å². The molecular formula is C24H49KO4S. The molecule has 0 bridgehead atoms. The quantitative estimate of drug-likeness (QED) is 0.138. The molecule has 0 aromatic rings. The molecule has 0 aromatic heterocycles. The molecule has 0 amide bonds. The average molecular weight is 473 g/mol. The van der Waals surface area contributed by atoms with E-state index in [0.29, 0.717) is 12.8 Å². The molecule has 0 radical (unpaired) electrons. The Kier molecular flexibility index (Phi) is 28.2. The minimum Gasteiger partial charge on any atom is -0.748 e. The van der Waals surface area contributed by atoms with Gasteiger partial charge in [0.15, 0.2) is 0 Å². The summed E-state index contributed by atoms with van der Waals surface area (Å²) in [5.74, 6) is 0. The number of aliphatic hydroxyl groups is 1. The first-order valence-electron chi connectivity index (χ1n) is 12.6. The Bertz CT molecular complexity index is 429. The number of rotatable bonds is 23. The van der Waals surface area contributed by atoms with Gasteiger partial charge in [-0.25, -0.2) is 8.42 Å². The summed E-state index contributed by atoms with van der Waals surface area (Å²) in [6.45, 7) is 2.50. The van der Waals surface area contributed by atoms with Gasteiger partial charge in [0.05, 0.1) is 10.1 Å². The summed E-state index contributed by atoms with van der Waals surface area (Å²) in [5, 5.41) is 8.06. The number of hydrogen-bond donors (Lipinski definition) is 1. The predicted molar refractivity (Wildman–Crippen MR) is 123 cm³/mol. The normalized spacial score (nSPS) is 12.6. The largest absolute Gasteiger partial charge is 1.00 e. The van der Waals surface area contributed by atoms with Crippen molar-refractivity contribution in [3.05, 3.63) is 0 Å². The van der Waals surface area contributed by atoms with Crippen LogP contribution < -0.4 is 51.4 Å². The van der Waals surface area contributed by atoms with Crippen LogP contribution in [-0.4, -0.2) is 29.9 Å². The third-order valence-electron chi connectivity index (χ3n) is 5.97. The van der Waals surface area contributed by atoms with Gasteiger partial charge in [0.2, 0.25) is 0 Å². The third kappa shape index (κ3) is 24.2. The van der Waals surface area contributed by atoms with E-state index in [9.17, 15) is 13.0 Å². The number of aliphatic hydroxyl groups excluding tert-OH is 1. The van der Waals surface area contributed by atoms with Crippen molar-refractivity contribution in [2.45, 2.75) is 147 Å². The zero-order chi connectivity index (χ0) is 21.6. The Hall–Kier alpha value is 1.51. The van der Waals surface area contributed by atoms with Gasteiger partial charge < -0.3 is 9.66 Å². The minimum absolute atomic E-state index is 0. The van der Waals surface area contributed by atoms with E-state index in [2.05, 4.69) is 6.92 Å². The molecular weight excluding hydrogens is 423 g/mol. The topological polar surface area (TPSA) is 77.4 Å². The van der Waals surface area contributed by atoms with Gasteiger partial charge in [0, 0.05) is 11.9 Å². The van der Waals surface area contributed by atoms with Crippen LogP contribution in [-0.2, 0) is 10.1 Å². The Morgan fingerprint density at radius 2 is 0.900 bits per heavy atom. The molecule has 0 rings (SSSR count). The fourth-order valence-electron chi connectivity index (χ4n) is 4.01. The predicted octanol–water partition coefficient (Wildman–Crippen LogP) is 4.11. The van der Waals surface area contributed by atoms with Gasteiger partial charge in [-0.2, -0.15) is 0 Å². The third-order valence-corrected chi connectivity index (χ3v) is 7.26. The van der Waals surface area contributed by atoms with E-state index in [1.165, 1.54) is 64.2 Å². The van der Waals surface area contributed by atoms with Crippen LogP contribution in [0.25, 0.3) is 0 Å². The van der Waals surface area contributed by atoms with Crippen molar-refractivity contribution in [1.29, 1.82) is 0 Å². The smallest absolute Gasteiger partial charge is 0.748 e. The van der Waals surface area contributed by atoms with E-state index in [1.807, 2.05) is 0 Å². The molecule has 4 nitrogen and oxygen atoms in total. The summed E-state index contributed by atoms with van der Waals surface area (Å²) in [5.41, 5.74) is 0. The minimum atomic E-state index is -4.17. The SMILES string of the molecule is CCCCCCCCCCCCCCCC(CCCCCCCCO)S(=O)(=O)[O-].[K+]. The first-order chi connectivity index (χ1) is 14.0. The van der Waals surface area contributed by atoms with E-state index in [0.717, 1.165) is 57.8 Å². The van der Waals surface area contributed by atoms with Gasteiger partial charge in [-0.1, -0.05) is 122 Å². The van der Waals surface area contributed by atoms with Crippen LogP contribution in [0.3, 0.4) is 0 Å². The monoisotopic (exact) mass is 472 g/mol. The molecule has 0 aliphatic carbocycles. The summed E-state index contributed by atoms with van der Waals surface area (Å²) in [6, 6.07) is 0. The summed E-state index contributed by atoms with van der Waals surface area (Å²) >= 11 is 0. The Labute approximate surface area is 230 Å². The Morgan fingerprint density at radius 3 is 1.20 bits per heavy atom. The van der Waals surface area contributed by atoms with Crippen LogP contribution in [0.4, 0.5) is 0 Å². The van der Waals surface area contributed by atoms with Crippen molar-refractivity contribution in [2.24, 2.45) is 0 Å². The van der Waals surface area contributed by atoms with Gasteiger partial charge in [-0.15, -0.1) is 0 Å². The van der Waals surface area contributed by atoms with Crippen LogP contribution in [0.5, 0.6) is 0 Å². The van der Waals surface area contributed by atoms with Gasteiger partial charge in [-0.3, -0.25) is 0 Å².